The van der Waals surface area contributed by atoms with Gasteiger partial charge in [0.1, 0.15) is 23.6 Å². The molecule has 1 aliphatic rings. The van der Waals surface area contributed by atoms with Gasteiger partial charge in [-0.1, -0.05) is 11.6 Å². The third-order valence-corrected chi connectivity index (χ3v) is 5.46. The number of halogens is 1. The lowest BCUT2D eigenvalue weighted by atomic mass is 9.96. The van der Waals surface area contributed by atoms with Crippen LogP contribution in [0.15, 0.2) is 24.7 Å². The molecule has 0 saturated carbocycles. The van der Waals surface area contributed by atoms with E-state index >= 15 is 0 Å². The molecule has 27 heavy (non-hydrogen) atoms. The largest absolute Gasteiger partial charge is 0.357 e. The molecule has 3 aromatic heterocycles. The second-order valence-electron chi connectivity index (χ2n) is 6.91. The van der Waals surface area contributed by atoms with Crippen molar-refractivity contribution in [2.75, 3.05) is 23.3 Å². The minimum absolute atomic E-state index is 0.0111. The number of anilines is 2. The van der Waals surface area contributed by atoms with Gasteiger partial charge in [0, 0.05) is 30.9 Å². The highest BCUT2D eigenvalue weighted by Gasteiger charge is 2.26. The summed E-state index contributed by atoms with van der Waals surface area (Å²) >= 11 is 5.90. The number of nitrogens with one attached hydrogen (secondary N) is 2. The molecule has 2 N–H and O–H groups in total. The van der Waals surface area contributed by atoms with E-state index in [2.05, 4.69) is 30.2 Å². The summed E-state index contributed by atoms with van der Waals surface area (Å²) in [5, 5.41) is 4.51. The normalized spacial score (nSPS) is 15.3. The molecular weight excluding hydrogens is 364 g/mol. The minimum atomic E-state index is -0.0427. The molecule has 8 heteroatoms. The van der Waals surface area contributed by atoms with Crippen LogP contribution < -0.4 is 10.2 Å². The summed E-state index contributed by atoms with van der Waals surface area (Å²) in [5.41, 5.74) is 2.84. The maximum Gasteiger partial charge on any atom is 0.228 e. The summed E-state index contributed by atoms with van der Waals surface area (Å²) in [5.74, 6) is 1.44. The first-order valence-corrected chi connectivity index (χ1v) is 9.38. The van der Waals surface area contributed by atoms with Crippen LogP contribution in [0.1, 0.15) is 24.1 Å². The number of hydrogen-bond donors (Lipinski definition) is 2. The third-order valence-electron chi connectivity index (χ3n) is 5.23. The lowest BCUT2D eigenvalue weighted by Gasteiger charge is -2.32. The number of aromatic nitrogens is 4. The van der Waals surface area contributed by atoms with Gasteiger partial charge in [-0.2, -0.15) is 0 Å². The van der Waals surface area contributed by atoms with E-state index in [1.54, 1.807) is 6.20 Å². The molecule has 1 fully saturated rings. The Bertz CT molecular complexity index is 976. The van der Waals surface area contributed by atoms with Crippen LogP contribution >= 0.6 is 11.6 Å². The number of pyridine rings is 1. The molecule has 4 heterocycles. The Kier molecular flexibility index (Phi) is 4.70. The fourth-order valence-electron chi connectivity index (χ4n) is 3.53. The Hall–Kier alpha value is -2.67. The van der Waals surface area contributed by atoms with Crippen LogP contribution in [-0.4, -0.2) is 38.9 Å². The van der Waals surface area contributed by atoms with Crippen molar-refractivity contribution < 1.29 is 4.79 Å². The van der Waals surface area contributed by atoms with Crippen LogP contribution in [0.2, 0.25) is 5.02 Å². The number of rotatable bonds is 3. The maximum atomic E-state index is 12.8. The Morgan fingerprint density at radius 1 is 1.22 bits per heavy atom. The first-order valence-electron chi connectivity index (χ1n) is 9.00. The van der Waals surface area contributed by atoms with Gasteiger partial charge in [0.2, 0.25) is 5.91 Å². The molecular formula is C19H21ClN6O. The summed E-state index contributed by atoms with van der Waals surface area (Å²) in [4.78, 5) is 31.1. The molecule has 1 saturated heterocycles. The van der Waals surface area contributed by atoms with E-state index < -0.39 is 0 Å². The standard InChI is InChI=1S/C19H21ClN6O/c1-11-12(2)24-17-16(11)18(23-10-22-17)25-19(27)13-5-7-26(8-6-13)15-4-3-14(20)9-21-15/h3-4,9-10,13H,5-8H2,1-2H3,(H2,22,23,24,25,27). The van der Waals surface area contributed by atoms with Crippen LogP contribution in [0.25, 0.3) is 11.0 Å². The number of fused-ring (bicyclic) bond motifs is 1. The molecule has 140 valence electrons. The number of carbonyl (C=O) groups excluding carboxylic acids is 1. The van der Waals surface area contributed by atoms with Crippen molar-refractivity contribution in [2.45, 2.75) is 26.7 Å². The highest BCUT2D eigenvalue weighted by Crippen LogP contribution is 2.27. The molecule has 7 nitrogen and oxygen atoms in total. The van der Waals surface area contributed by atoms with E-state index in [0.717, 1.165) is 54.0 Å². The number of carbonyl (C=O) groups is 1. The van der Waals surface area contributed by atoms with Crippen LogP contribution in [0.4, 0.5) is 11.6 Å². The molecule has 3 aromatic rings. The average Bonchev–Trinajstić information content (AvgIpc) is 2.97. The van der Waals surface area contributed by atoms with Gasteiger partial charge in [0.05, 0.1) is 10.4 Å². The topological polar surface area (TPSA) is 86.8 Å². The highest BCUT2D eigenvalue weighted by atomic mass is 35.5. The average molecular weight is 385 g/mol. The number of amides is 1. The van der Waals surface area contributed by atoms with Crippen molar-refractivity contribution in [2.24, 2.45) is 5.92 Å². The molecule has 4 rings (SSSR count). The van der Waals surface area contributed by atoms with E-state index in [1.165, 1.54) is 6.33 Å². The highest BCUT2D eigenvalue weighted by molar-refractivity contribution is 6.30. The molecule has 0 aromatic carbocycles. The van der Waals surface area contributed by atoms with Crippen LogP contribution in [0, 0.1) is 19.8 Å². The Labute approximate surface area is 162 Å². The molecule has 0 spiro atoms. The van der Waals surface area contributed by atoms with Crippen molar-refractivity contribution in [1.29, 1.82) is 0 Å². The Balaban J connectivity index is 1.44. The van der Waals surface area contributed by atoms with Gasteiger partial charge in [-0.3, -0.25) is 4.79 Å². The van der Waals surface area contributed by atoms with E-state index in [4.69, 9.17) is 11.6 Å². The number of aromatic amines is 1. The van der Waals surface area contributed by atoms with E-state index in [-0.39, 0.29) is 11.8 Å². The zero-order valence-corrected chi connectivity index (χ0v) is 16.0. The second-order valence-corrected chi connectivity index (χ2v) is 7.34. The van der Waals surface area contributed by atoms with Crippen LogP contribution in [0.5, 0.6) is 0 Å². The van der Waals surface area contributed by atoms with Gasteiger partial charge in [-0.05, 0) is 44.4 Å². The summed E-state index contributed by atoms with van der Waals surface area (Å²) in [7, 11) is 0. The third kappa shape index (κ3) is 3.47. The zero-order valence-electron chi connectivity index (χ0n) is 15.3. The van der Waals surface area contributed by atoms with Gasteiger partial charge in [0.15, 0.2) is 0 Å². The quantitative estimate of drug-likeness (QED) is 0.721. The van der Waals surface area contributed by atoms with Crippen molar-refractivity contribution >= 4 is 40.2 Å². The van der Waals surface area contributed by atoms with Gasteiger partial charge in [0.25, 0.3) is 0 Å². The van der Waals surface area contributed by atoms with Crippen molar-refractivity contribution in [3.8, 4) is 0 Å². The van der Waals surface area contributed by atoms with Crippen molar-refractivity contribution in [1.82, 2.24) is 19.9 Å². The van der Waals surface area contributed by atoms with E-state index in [1.807, 2.05) is 26.0 Å². The smallest absolute Gasteiger partial charge is 0.228 e. The predicted octanol–water partition coefficient (Wildman–Crippen LogP) is 3.48. The summed E-state index contributed by atoms with van der Waals surface area (Å²) in [6.07, 6.45) is 4.67. The molecule has 1 amide bonds. The summed E-state index contributed by atoms with van der Waals surface area (Å²) in [6.45, 7) is 5.57. The number of aryl methyl sites for hydroxylation is 2. The van der Waals surface area contributed by atoms with E-state index in [0.29, 0.717) is 10.8 Å². The maximum absolute atomic E-state index is 12.8. The zero-order chi connectivity index (χ0) is 19.0. The number of H-pyrrole nitrogens is 1. The monoisotopic (exact) mass is 384 g/mol. The summed E-state index contributed by atoms with van der Waals surface area (Å²) < 4.78 is 0. The fraction of sp³-hybridized carbons (Fsp3) is 0.368. The first-order chi connectivity index (χ1) is 13.0. The number of nitrogens with zero attached hydrogens (tertiary/aromatic N) is 4. The lowest BCUT2D eigenvalue weighted by molar-refractivity contribution is -0.120. The lowest BCUT2D eigenvalue weighted by Crippen LogP contribution is -2.38. The molecule has 1 aliphatic heterocycles. The molecule has 0 aliphatic carbocycles. The SMILES string of the molecule is Cc1[nH]c2ncnc(NC(=O)C3CCN(c4ccc(Cl)cn4)CC3)c2c1C. The van der Waals surface area contributed by atoms with Gasteiger partial charge >= 0.3 is 0 Å². The predicted molar refractivity (Wildman–Crippen MR) is 106 cm³/mol. The number of hydrogen-bond acceptors (Lipinski definition) is 5. The minimum Gasteiger partial charge on any atom is -0.357 e. The van der Waals surface area contributed by atoms with Crippen LogP contribution in [0.3, 0.4) is 0 Å². The van der Waals surface area contributed by atoms with Gasteiger partial charge < -0.3 is 15.2 Å². The van der Waals surface area contributed by atoms with E-state index in [9.17, 15) is 4.79 Å². The van der Waals surface area contributed by atoms with Crippen LogP contribution in [-0.2, 0) is 4.79 Å². The van der Waals surface area contributed by atoms with Crippen molar-refractivity contribution in [3.63, 3.8) is 0 Å². The molecule has 0 bridgehead atoms. The summed E-state index contributed by atoms with van der Waals surface area (Å²) in [6, 6.07) is 3.75. The number of piperidine rings is 1. The Morgan fingerprint density at radius 2 is 2.00 bits per heavy atom. The van der Waals surface area contributed by atoms with Crippen molar-refractivity contribution in [3.05, 3.63) is 40.9 Å². The van der Waals surface area contributed by atoms with Gasteiger partial charge in [-0.25, -0.2) is 15.0 Å². The molecule has 0 unspecified atom stereocenters. The molecule has 0 atom stereocenters. The first kappa shape index (κ1) is 17.7. The fourth-order valence-corrected chi connectivity index (χ4v) is 3.65. The second kappa shape index (κ2) is 7.15. The molecule has 0 radical (unpaired) electrons. The van der Waals surface area contributed by atoms with Gasteiger partial charge in [-0.15, -0.1) is 0 Å². The Morgan fingerprint density at radius 3 is 2.70 bits per heavy atom.